The van der Waals surface area contributed by atoms with Crippen LogP contribution in [0, 0.1) is 11.3 Å². The standard InChI is InChI=1S/C28H28ClN7O5S/c1-28(2,3)41-27(38)35-14-13-34(16-18(35)11-12-30)24-19-15-31-36(25(37)23(19)32-26(33-24)42(4,39)40)21-10-6-8-17-7-5-9-20(29)22(17)21/h5-10,15,18H,11,13-14,16H2,1-4H3. The molecule has 0 spiro atoms. The summed E-state index contributed by atoms with van der Waals surface area (Å²) in [6, 6.07) is 12.2. The quantitative estimate of drug-likeness (QED) is 0.313. The second-order valence-electron chi connectivity index (χ2n) is 11.0. The number of hydrogen-bond donors (Lipinski definition) is 0. The minimum absolute atomic E-state index is 0.00455. The first-order valence-corrected chi connectivity index (χ1v) is 15.3. The van der Waals surface area contributed by atoms with Crippen LogP contribution in [0.25, 0.3) is 27.4 Å². The van der Waals surface area contributed by atoms with Crippen molar-refractivity contribution in [2.45, 2.75) is 44.0 Å². The zero-order valence-electron chi connectivity index (χ0n) is 23.4. The molecule has 14 heteroatoms. The Balaban J connectivity index is 1.64. The molecule has 2 aromatic heterocycles. The van der Waals surface area contributed by atoms with E-state index >= 15 is 0 Å². The van der Waals surface area contributed by atoms with Gasteiger partial charge in [0.05, 0.1) is 40.8 Å². The number of ether oxygens (including phenoxy) is 1. The molecule has 4 aromatic rings. The van der Waals surface area contributed by atoms with Gasteiger partial charge < -0.3 is 14.5 Å². The highest BCUT2D eigenvalue weighted by molar-refractivity contribution is 7.90. The monoisotopic (exact) mass is 609 g/mol. The maximum atomic E-state index is 13.9. The molecule has 5 rings (SSSR count). The van der Waals surface area contributed by atoms with Crippen molar-refractivity contribution in [3.8, 4) is 11.8 Å². The van der Waals surface area contributed by atoms with Crippen LogP contribution >= 0.6 is 11.6 Å². The number of nitriles is 1. The van der Waals surface area contributed by atoms with Crippen molar-refractivity contribution in [1.29, 1.82) is 5.26 Å². The number of hydrogen-bond acceptors (Lipinski definition) is 10. The van der Waals surface area contributed by atoms with Gasteiger partial charge in [0.2, 0.25) is 15.0 Å². The molecule has 1 amide bonds. The van der Waals surface area contributed by atoms with Crippen LogP contribution in [0.2, 0.25) is 5.02 Å². The third-order valence-corrected chi connectivity index (χ3v) is 7.89. The Hall–Kier alpha value is -4.28. The molecule has 1 fully saturated rings. The van der Waals surface area contributed by atoms with Gasteiger partial charge in [-0.25, -0.2) is 23.2 Å². The largest absolute Gasteiger partial charge is 0.444 e. The molecule has 218 valence electrons. The Bertz CT molecular complexity index is 1930. The Morgan fingerprint density at radius 2 is 1.88 bits per heavy atom. The molecule has 1 saturated heterocycles. The highest BCUT2D eigenvalue weighted by Crippen LogP contribution is 2.30. The average molecular weight is 610 g/mol. The summed E-state index contributed by atoms with van der Waals surface area (Å²) in [6.07, 6.45) is 1.82. The zero-order valence-corrected chi connectivity index (χ0v) is 25.0. The van der Waals surface area contributed by atoms with Gasteiger partial charge in [0.25, 0.3) is 5.56 Å². The fourth-order valence-electron chi connectivity index (χ4n) is 4.91. The fourth-order valence-corrected chi connectivity index (χ4v) is 5.70. The minimum Gasteiger partial charge on any atom is -0.444 e. The molecule has 1 atom stereocenters. The molecular formula is C28H28ClN7O5S. The number of rotatable bonds is 4. The summed E-state index contributed by atoms with van der Waals surface area (Å²) < 4.78 is 31.9. The number of anilines is 1. The summed E-state index contributed by atoms with van der Waals surface area (Å²) in [4.78, 5) is 38.5. The lowest BCUT2D eigenvalue weighted by molar-refractivity contribution is 0.0145. The van der Waals surface area contributed by atoms with Crippen LogP contribution in [0.4, 0.5) is 10.6 Å². The van der Waals surface area contributed by atoms with Crippen molar-refractivity contribution in [1.82, 2.24) is 24.6 Å². The first kappa shape index (κ1) is 29.2. The van der Waals surface area contributed by atoms with E-state index in [2.05, 4.69) is 21.1 Å². The number of sulfone groups is 1. The molecule has 3 heterocycles. The van der Waals surface area contributed by atoms with E-state index < -0.39 is 38.3 Å². The zero-order chi connectivity index (χ0) is 30.4. The number of benzene rings is 2. The number of carbonyl (C=O) groups excluding carboxylic acids is 1. The fraction of sp³-hybridized carbons (Fsp3) is 0.357. The van der Waals surface area contributed by atoms with Crippen molar-refractivity contribution in [2.75, 3.05) is 30.8 Å². The first-order valence-electron chi connectivity index (χ1n) is 13.1. The third-order valence-electron chi connectivity index (χ3n) is 6.73. The van der Waals surface area contributed by atoms with Gasteiger partial charge in [0, 0.05) is 31.3 Å². The van der Waals surface area contributed by atoms with Crippen molar-refractivity contribution in [3.05, 3.63) is 58.0 Å². The molecule has 12 nitrogen and oxygen atoms in total. The smallest absolute Gasteiger partial charge is 0.410 e. The van der Waals surface area contributed by atoms with Crippen LogP contribution in [0.3, 0.4) is 0 Å². The Labute approximate surface area is 247 Å². The number of halogens is 1. The second kappa shape index (κ2) is 10.8. The van der Waals surface area contributed by atoms with Gasteiger partial charge in [-0.15, -0.1) is 0 Å². The summed E-state index contributed by atoms with van der Waals surface area (Å²) in [7, 11) is -3.93. The molecule has 0 bridgehead atoms. The number of aromatic nitrogens is 4. The van der Waals surface area contributed by atoms with Crippen molar-refractivity contribution < 1.29 is 17.9 Å². The van der Waals surface area contributed by atoms with E-state index in [1.54, 1.807) is 49.9 Å². The summed E-state index contributed by atoms with van der Waals surface area (Å²) in [5.41, 5.74) is -1.12. The molecule has 42 heavy (non-hydrogen) atoms. The Morgan fingerprint density at radius 3 is 2.55 bits per heavy atom. The van der Waals surface area contributed by atoms with Crippen molar-refractivity contribution in [2.24, 2.45) is 0 Å². The molecule has 1 unspecified atom stereocenters. The number of nitrogens with zero attached hydrogens (tertiary/aromatic N) is 7. The van der Waals surface area contributed by atoms with E-state index in [0.717, 1.165) is 16.3 Å². The van der Waals surface area contributed by atoms with Gasteiger partial charge >= 0.3 is 6.09 Å². The van der Waals surface area contributed by atoms with Crippen LogP contribution in [0.5, 0.6) is 0 Å². The maximum absolute atomic E-state index is 13.9. The van der Waals surface area contributed by atoms with E-state index in [1.165, 1.54) is 11.1 Å². The van der Waals surface area contributed by atoms with Gasteiger partial charge in [-0.2, -0.15) is 15.0 Å². The maximum Gasteiger partial charge on any atom is 0.410 e. The first-order chi connectivity index (χ1) is 19.8. The Kier molecular flexibility index (Phi) is 7.55. The molecule has 0 N–H and O–H groups in total. The van der Waals surface area contributed by atoms with E-state index in [1.807, 2.05) is 12.1 Å². The van der Waals surface area contributed by atoms with Gasteiger partial charge in [0.1, 0.15) is 16.9 Å². The normalized spacial score (nSPS) is 16.0. The lowest BCUT2D eigenvalue weighted by Crippen LogP contribution is -2.56. The predicted octanol–water partition coefficient (Wildman–Crippen LogP) is 3.73. The Morgan fingerprint density at radius 1 is 1.17 bits per heavy atom. The van der Waals surface area contributed by atoms with Gasteiger partial charge in [-0.3, -0.25) is 4.79 Å². The second-order valence-corrected chi connectivity index (χ2v) is 13.3. The van der Waals surface area contributed by atoms with Crippen LogP contribution in [-0.2, 0) is 14.6 Å². The summed E-state index contributed by atoms with van der Waals surface area (Å²) in [5.74, 6) is 0.167. The molecule has 1 aliphatic heterocycles. The summed E-state index contributed by atoms with van der Waals surface area (Å²) in [6.45, 7) is 5.83. The minimum atomic E-state index is -3.93. The van der Waals surface area contributed by atoms with Gasteiger partial charge in [-0.1, -0.05) is 35.9 Å². The summed E-state index contributed by atoms with van der Waals surface area (Å²) in [5, 5.41) is 15.4. The molecular weight excluding hydrogens is 582 g/mol. The highest BCUT2D eigenvalue weighted by Gasteiger charge is 2.35. The SMILES string of the molecule is CC(C)(C)OC(=O)N1CCN(c2nc(S(C)(=O)=O)nc3c(=O)n(-c4cccc5cccc(Cl)c45)ncc23)CC1CC#N. The molecule has 0 saturated carbocycles. The number of fused-ring (bicyclic) bond motifs is 2. The topological polar surface area (TPSA) is 151 Å². The number of piperazine rings is 1. The van der Waals surface area contributed by atoms with Crippen LogP contribution in [-0.4, -0.2) is 76.7 Å². The molecule has 1 aliphatic rings. The van der Waals surface area contributed by atoms with E-state index in [4.69, 9.17) is 16.3 Å². The van der Waals surface area contributed by atoms with Gasteiger partial charge in [-0.05, 0) is 38.3 Å². The van der Waals surface area contributed by atoms with E-state index in [0.29, 0.717) is 16.1 Å². The lowest BCUT2D eigenvalue weighted by atomic mass is 10.1. The van der Waals surface area contributed by atoms with Crippen LogP contribution in [0.1, 0.15) is 27.2 Å². The van der Waals surface area contributed by atoms with E-state index in [-0.39, 0.29) is 42.8 Å². The van der Waals surface area contributed by atoms with Crippen LogP contribution in [0.15, 0.2) is 52.5 Å². The predicted molar refractivity (Wildman–Crippen MR) is 158 cm³/mol. The van der Waals surface area contributed by atoms with Gasteiger partial charge in [0.15, 0.2) is 0 Å². The highest BCUT2D eigenvalue weighted by atomic mass is 35.5. The van der Waals surface area contributed by atoms with Crippen molar-refractivity contribution >= 4 is 55.0 Å². The number of amides is 1. The van der Waals surface area contributed by atoms with Crippen molar-refractivity contribution in [3.63, 3.8) is 0 Å². The third kappa shape index (κ3) is 5.60. The van der Waals surface area contributed by atoms with Crippen LogP contribution < -0.4 is 10.5 Å². The molecule has 2 aromatic carbocycles. The lowest BCUT2D eigenvalue weighted by Gasteiger charge is -2.41. The average Bonchev–Trinajstić information content (AvgIpc) is 2.91. The number of carbonyl (C=O) groups is 1. The molecule has 0 aliphatic carbocycles. The molecule has 0 radical (unpaired) electrons. The summed E-state index contributed by atoms with van der Waals surface area (Å²) >= 11 is 6.49. The van der Waals surface area contributed by atoms with E-state index in [9.17, 15) is 23.3 Å².